The lowest BCUT2D eigenvalue weighted by molar-refractivity contribution is 0.0786. The van der Waals surface area contributed by atoms with Gasteiger partial charge in [0.15, 0.2) is 0 Å². The van der Waals surface area contributed by atoms with Gasteiger partial charge in [-0.15, -0.1) is 0 Å². The highest BCUT2D eigenvalue weighted by molar-refractivity contribution is 5.94. The Labute approximate surface area is 127 Å². The van der Waals surface area contributed by atoms with E-state index in [1.807, 2.05) is 36.1 Å². The number of carbonyl (C=O) groups is 1. The van der Waals surface area contributed by atoms with E-state index >= 15 is 0 Å². The quantitative estimate of drug-likeness (QED) is 0.820. The highest BCUT2D eigenvalue weighted by atomic mass is 16.5. The Hall–Kier alpha value is -1.55. The summed E-state index contributed by atoms with van der Waals surface area (Å²) < 4.78 is 5.61. The second-order valence-corrected chi connectivity index (χ2v) is 5.89. The first-order chi connectivity index (χ1) is 10.1. The summed E-state index contributed by atoms with van der Waals surface area (Å²) in [6.07, 6.45) is 3.17. The van der Waals surface area contributed by atoms with Crippen molar-refractivity contribution < 1.29 is 9.53 Å². The van der Waals surface area contributed by atoms with Crippen LogP contribution in [0, 0.1) is 5.92 Å². The van der Waals surface area contributed by atoms with Gasteiger partial charge in [0.2, 0.25) is 0 Å². The Morgan fingerprint density at radius 3 is 2.71 bits per heavy atom. The molecule has 1 heterocycles. The molecule has 1 aliphatic heterocycles. The van der Waals surface area contributed by atoms with Crippen molar-refractivity contribution in [2.45, 2.75) is 39.2 Å². The van der Waals surface area contributed by atoms with E-state index in [1.54, 1.807) is 0 Å². The van der Waals surface area contributed by atoms with Crippen molar-refractivity contribution in [1.82, 2.24) is 4.90 Å². The number of likely N-dealkylation sites (tertiary alicyclic amines) is 1. The Bertz CT molecular complexity index is 456. The van der Waals surface area contributed by atoms with Gasteiger partial charge in [-0.1, -0.05) is 13.3 Å². The number of hydrogen-bond donors (Lipinski definition) is 1. The first-order valence-corrected chi connectivity index (χ1v) is 7.89. The van der Waals surface area contributed by atoms with E-state index in [4.69, 9.17) is 10.5 Å². The number of ether oxygens (including phenoxy) is 1. The van der Waals surface area contributed by atoms with Gasteiger partial charge < -0.3 is 15.4 Å². The third-order valence-corrected chi connectivity index (χ3v) is 4.12. The fraction of sp³-hybridized carbons (Fsp3) is 0.588. The molecule has 2 unspecified atom stereocenters. The molecule has 1 aromatic rings. The smallest absolute Gasteiger partial charge is 0.253 e. The first kappa shape index (κ1) is 15.8. The monoisotopic (exact) mass is 290 g/mol. The molecule has 4 heteroatoms. The second-order valence-electron chi connectivity index (χ2n) is 5.89. The molecule has 1 aromatic carbocycles. The molecule has 1 fully saturated rings. The molecule has 116 valence electrons. The van der Waals surface area contributed by atoms with E-state index in [9.17, 15) is 4.79 Å². The third kappa shape index (κ3) is 4.21. The number of rotatable bonds is 6. The molecule has 0 aliphatic carbocycles. The molecule has 0 saturated carbocycles. The summed E-state index contributed by atoms with van der Waals surface area (Å²) in [5, 5.41) is 0. The Morgan fingerprint density at radius 2 is 2.14 bits per heavy atom. The normalized spacial score (nSPS) is 19.6. The van der Waals surface area contributed by atoms with Gasteiger partial charge in [-0.3, -0.25) is 4.79 Å². The number of amides is 1. The van der Waals surface area contributed by atoms with Crippen LogP contribution in [0.4, 0.5) is 0 Å². The van der Waals surface area contributed by atoms with E-state index in [2.05, 4.69) is 6.92 Å². The van der Waals surface area contributed by atoms with Crippen LogP contribution in [0.3, 0.4) is 0 Å². The Morgan fingerprint density at radius 1 is 1.43 bits per heavy atom. The van der Waals surface area contributed by atoms with Crippen molar-refractivity contribution in [2.24, 2.45) is 11.7 Å². The van der Waals surface area contributed by atoms with Crippen LogP contribution in [0.5, 0.6) is 5.75 Å². The summed E-state index contributed by atoms with van der Waals surface area (Å²) in [6.45, 7) is 6.45. The number of nitrogens with zero attached hydrogens (tertiary/aromatic N) is 1. The van der Waals surface area contributed by atoms with Crippen LogP contribution in [0.15, 0.2) is 24.3 Å². The van der Waals surface area contributed by atoms with Gasteiger partial charge in [-0.2, -0.15) is 0 Å². The van der Waals surface area contributed by atoms with E-state index in [1.165, 1.54) is 0 Å². The minimum atomic E-state index is 0.0956. The van der Waals surface area contributed by atoms with Gasteiger partial charge in [-0.05, 0) is 49.9 Å². The summed E-state index contributed by atoms with van der Waals surface area (Å²) in [4.78, 5) is 14.3. The second kappa shape index (κ2) is 7.46. The van der Waals surface area contributed by atoms with Crippen LogP contribution in [-0.2, 0) is 0 Å². The SMILES string of the molecule is CCCCOc1ccc(C(=O)N2CCC(C(C)N)C2)cc1. The number of hydrogen-bond acceptors (Lipinski definition) is 3. The average Bonchev–Trinajstić information content (AvgIpc) is 2.97. The largest absolute Gasteiger partial charge is 0.494 e. The number of carbonyl (C=O) groups excluding carboxylic acids is 1. The van der Waals surface area contributed by atoms with Crippen molar-refractivity contribution in [3.63, 3.8) is 0 Å². The fourth-order valence-electron chi connectivity index (χ4n) is 2.61. The lowest BCUT2D eigenvalue weighted by atomic mass is 10.0. The summed E-state index contributed by atoms with van der Waals surface area (Å²) in [5.74, 6) is 1.35. The number of nitrogens with two attached hydrogens (primary N) is 1. The predicted molar refractivity (Wildman–Crippen MR) is 84.5 cm³/mol. The molecule has 1 aliphatic rings. The van der Waals surface area contributed by atoms with Crippen molar-refractivity contribution in [1.29, 1.82) is 0 Å². The van der Waals surface area contributed by atoms with Crippen LogP contribution >= 0.6 is 0 Å². The number of benzene rings is 1. The minimum Gasteiger partial charge on any atom is -0.494 e. The molecule has 1 saturated heterocycles. The van der Waals surface area contributed by atoms with Gasteiger partial charge in [0.05, 0.1) is 6.61 Å². The highest BCUT2D eigenvalue weighted by Gasteiger charge is 2.28. The van der Waals surface area contributed by atoms with Crippen molar-refractivity contribution in [3.05, 3.63) is 29.8 Å². The maximum atomic E-state index is 12.4. The fourth-order valence-corrected chi connectivity index (χ4v) is 2.61. The predicted octanol–water partition coefficient (Wildman–Crippen LogP) is 2.67. The molecule has 1 amide bonds. The zero-order chi connectivity index (χ0) is 15.2. The van der Waals surface area contributed by atoms with Gasteiger partial charge in [0, 0.05) is 24.7 Å². The van der Waals surface area contributed by atoms with Crippen molar-refractivity contribution in [3.8, 4) is 5.75 Å². The molecular formula is C17H26N2O2. The van der Waals surface area contributed by atoms with Crippen molar-refractivity contribution >= 4 is 5.91 Å². The van der Waals surface area contributed by atoms with Gasteiger partial charge in [-0.25, -0.2) is 0 Å². The topological polar surface area (TPSA) is 55.6 Å². The van der Waals surface area contributed by atoms with E-state index in [-0.39, 0.29) is 11.9 Å². The molecule has 0 radical (unpaired) electrons. The molecule has 2 rings (SSSR count). The number of unbranched alkanes of at least 4 members (excludes halogenated alkanes) is 1. The van der Waals surface area contributed by atoms with Crippen molar-refractivity contribution in [2.75, 3.05) is 19.7 Å². The van der Waals surface area contributed by atoms with Crippen LogP contribution in [0.1, 0.15) is 43.5 Å². The molecule has 2 N–H and O–H groups in total. The lowest BCUT2D eigenvalue weighted by Gasteiger charge is -2.18. The van der Waals surface area contributed by atoms with Crippen LogP contribution in [-0.4, -0.2) is 36.5 Å². The molecule has 2 atom stereocenters. The maximum Gasteiger partial charge on any atom is 0.253 e. The van der Waals surface area contributed by atoms with Gasteiger partial charge in [0.25, 0.3) is 5.91 Å². The zero-order valence-electron chi connectivity index (χ0n) is 13.0. The average molecular weight is 290 g/mol. The highest BCUT2D eigenvalue weighted by Crippen LogP contribution is 2.21. The Balaban J connectivity index is 1.91. The first-order valence-electron chi connectivity index (χ1n) is 7.89. The van der Waals surface area contributed by atoms with Crippen LogP contribution in [0.25, 0.3) is 0 Å². The minimum absolute atomic E-state index is 0.0956. The third-order valence-electron chi connectivity index (χ3n) is 4.12. The standard InChI is InChI=1S/C17H26N2O2/c1-3-4-11-21-16-7-5-14(6-8-16)17(20)19-10-9-15(12-19)13(2)18/h5-8,13,15H,3-4,9-12,18H2,1-2H3. The molecule has 0 bridgehead atoms. The van der Waals surface area contributed by atoms with E-state index < -0.39 is 0 Å². The maximum absolute atomic E-state index is 12.4. The van der Waals surface area contributed by atoms with E-state index in [0.717, 1.165) is 50.3 Å². The van der Waals surface area contributed by atoms with Gasteiger partial charge >= 0.3 is 0 Å². The van der Waals surface area contributed by atoms with Gasteiger partial charge in [0.1, 0.15) is 5.75 Å². The molecule has 21 heavy (non-hydrogen) atoms. The van der Waals surface area contributed by atoms with E-state index in [0.29, 0.717) is 5.92 Å². The lowest BCUT2D eigenvalue weighted by Crippen LogP contribution is -2.32. The molecule has 4 nitrogen and oxygen atoms in total. The Kier molecular flexibility index (Phi) is 5.62. The van der Waals surface area contributed by atoms with Crippen LogP contribution in [0.2, 0.25) is 0 Å². The summed E-state index contributed by atoms with van der Waals surface area (Å²) in [7, 11) is 0. The zero-order valence-corrected chi connectivity index (χ0v) is 13.0. The molecular weight excluding hydrogens is 264 g/mol. The summed E-state index contributed by atoms with van der Waals surface area (Å²) >= 11 is 0. The molecule has 0 aromatic heterocycles. The summed E-state index contributed by atoms with van der Waals surface area (Å²) in [5.41, 5.74) is 6.65. The summed E-state index contributed by atoms with van der Waals surface area (Å²) in [6, 6.07) is 7.60. The van der Waals surface area contributed by atoms with Crippen LogP contribution < -0.4 is 10.5 Å². The molecule has 0 spiro atoms.